The fourth-order valence-corrected chi connectivity index (χ4v) is 6.82. The van der Waals surface area contributed by atoms with Gasteiger partial charge in [-0.05, 0) is 78.9 Å². The quantitative estimate of drug-likeness (QED) is 0.510. The number of ether oxygens (including phenoxy) is 1. The lowest BCUT2D eigenvalue weighted by molar-refractivity contribution is -0.150. The zero-order valence-corrected chi connectivity index (χ0v) is 20.5. The molecular formula is C26H46O3. The molecule has 3 nitrogen and oxygen atoms in total. The van der Waals surface area contributed by atoms with Crippen molar-refractivity contribution in [2.75, 3.05) is 0 Å². The first-order chi connectivity index (χ1) is 13.2. The van der Waals surface area contributed by atoms with Gasteiger partial charge in [-0.3, -0.25) is 4.79 Å². The van der Waals surface area contributed by atoms with Crippen molar-refractivity contribution in [2.24, 2.45) is 46.3 Å². The number of hydrogen-bond acceptors (Lipinski definition) is 3. The molecule has 0 aromatic rings. The van der Waals surface area contributed by atoms with Gasteiger partial charge in [0.1, 0.15) is 5.60 Å². The predicted octanol–water partition coefficient (Wildman–Crippen LogP) is 6.23. The Kier molecular flexibility index (Phi) is 5.77. The molecule has 168 valence electrons. The normalized spacial score (nSPS) is 36.1. The Morgan fingerprint density at radius 3 is 1.62 bits per heavy atom. The van der Waals surface area contributed by atoms with E-state index in [0.29, 0.717) is 22.7 Å². The molecular weight excluding hydrogens is 360 g/mol. The van der Waals surface area contributed by atoms with Gasteiger partial charge in [0.05, 0.1) is 5.60 Å². The van der Waals surface area contributed by atoms with Gasteiger partial charge in [0.2, 0.25) is 0 Å². The minimum absolute atomic E-state index is 0.0745. The molecule has 4 fully saturated rings. The first-order valence-corrected chi connectivity index (χ1v) is 12.1. The molecule has 29 heavy (non-hydrogen) atoms. The second-order valence-corrected chi connectivity index (χ2v) is 12.8. The van der Waals surface area contributed by atoms with Gasteiger partial charge in [0.25, 0.3) is 0 Å². The van der Waals surface area contributed by atoms with Crippen LogP contribution in [0.3, 0.4) is 0 Å². The van der Waals surface area contributed by atoms with Gasteiger partial charge in [-0.15, -0.1) is 0 Å². The summed E-state index contributed by atoms with van der Waals surface area (Å²) in [6, 6.07) is 0. The summed E-state index contributed by atoms with van der Waals surface area (Å²) in [4.78, 5) is 11.1. The number of esters is 1. The van der Waals surface area contributed by atoms with Crippen LogP contribution < -0.4 is 0 Å². The Hall–Kier alpha value is -0.570. The maximum Gasteiger partial charge on any atom is 0.303 e. The summed E-state index contributed by atoms with van der Waals surface area (Å²) < 4.78 is 5.58. The predicted molar refractivity (Wildman–Crippen MR) is 118 cm³/mol. The molecule has 4 rings (SSSR count). The van der Waals surface area contributed by atoms with Crippen LogP contribution in [0.25, 0.3) is 0 Å². The molecule has 0 aromatic carbocycles. The van der Waals surface area contributed by atoms with Crippen molar-refractivity contribution in [2.45, 2.75) is 112 Å². The Bertz CT molecular complexity index is 622. The number of carbonyl (C=O) groups excluding carboxylic acids is 1. The molecule has 0 amide bonds. The second kappa shape index (κ2) is 7.24. The molecule has 0 aromatic heterocycles. The lowest BCUT2D eigenvalue weighted by Gasteiger charge is -2.17. The molecule has 3 heteroatoms. The zero-order valence-electron chi connectivity index (χ0n) is 20.5. The highest BCUT2D eigenvalue weighted by atomic mass is 16.6. The lowest BCUT2D eigenvalue weighted by atomic mass is 10.0. The topological polar surface area (TPSA) is 46.5 Å². The Morgan fingerprint density at radius 2 is 1.28 bits per heavy atom. The third-order valence-electron chi connectivity index (χ3n) is 8.55. The lowest BCUT2D eigenvalue weighted by Crippen LogP contribution is -2.23. The van der Waals surface area contributed by atoms with E-state index >= 15 is 0 Å². The van der Waals surface area contributed by atoms with Gasteiger partial charge in [0.15, 0.2) is 0 Å². The highest BCUT2D eigenvalue weighted by Gasteiger charge is 2.72. The molecule has 0 radical (unpaired) electrons. The maximum absolute atomic E-state index is 11.1. The summed E-state index contributed by atoms with van der Waals surface area (Å²) in [7, 11) is 0. The van der Waals surface area contributed by atoms with Crippen LogP contribution in [0.2, 0.25) is 0 Å². The summed E-state index contributed by atoms with van der Waals surface area (Å²) in [5.41, 5.74) is 0.462. The molecule has 4 aliphatic carbocycles. The molecule has 0 aliphatic heterocycles. The van der Waals surface area contributed by atoms with E-state index in [1.807, 2.05) is 0 Å². The largest absolute Gasteiger partial charge is 0.459 e. The summed E-state index contributed by atoms with van der Waals surface area (Å²) in [6.45, 7) is 19.9. The van der Waals surface area contributed by atoms with Crippen LogP contribution in [0.1, 0.15) is 101 Å². The van der Waals surface area contributed by atoms with Gasteiger partial charge in [0, 0.05) is 12.8 Å². The van der Waals surface area contributed by atoms with Crippen molar-refractivity contribution < 1.29 is 14.6 Å². The third-order valence-corrected chi connectivity index (χ3v) is 8.55. The molecule has 0 bridgehead atoms. The van der Waals surface area contributed by atoms with Crippen molar-refractivity contribution in [3.63, 3.8) is 0 Å². The minimum Gasteiger partial charge on any atom is -0.459 e. The number of aliphatic hydroxyl groups is 1. The van der Waals surface area contributed by atoms with E-state index in [2.05, 4.69) is 55.4 Å². The first kappa shape index (κ1) is 23.1. The van der Waals surface area contributed by atoms with E-state index in [4.69, 9.17) is 4.74 Å². The maximum atomic E-state index is 11.1. The van der Waals surface area contributed by atoms with Gasteiger partial charge >= 0.3 is 5.97 Å². The van der Waals surface area contributed by atoms with E-state index in [1.54, 1.807) is 0 Å². The van der Waals surface area contributed by atoms with Crippen molar-refractivity contribution in [3.8, 4) is 0 Å². The number of carbonyl (C=O) groups is 1. The van der Waals surface area contributed by atoms with Gasteiger partial charge in [-0.25, -0.2) is 0 Å². The highest BCUT2D eigenvalue weighted by Crippen LogP contribution is 2.72. The molecule has 4 saturated carbocycles. The monoisotopic (exact) mass is 406 g/mol. The zero-order chi connectivity index (χ0) is 22.0. The van der Waals surface area contributed by atoms with E-state index in [-0.39, 0.29) is 17.2 Å². The van der Waals surface area contributed by atoms with Crippen LogP contribution in [0, 0.1) is 46.3 Å². The van der Waals surface area contributed by atoms with Crippen LogP contribution >= 0.6 is 0 Å². The van der Waals surface area contributed by atoms with Crippen molar-refractivity contribution in [1.29, 1.82) is 0 Å². The fraction of sp³-hybridized carbons (Fsp3) is 0.962. The van der Waals surface area contributed by atoms with Crippen molar-refractivity contribution in [3.05, 3.63) is 0 Å². The first-order valence-electron chi connectivity index (χ1n) is 12.1. The van der Waals surface area contributed by atoms with Crippen molar-refractivity contribution >= 4 is 5.97 Å². The average molecular weight is 407 g/mol. The molecule has 0 saturated heterocycles. The van der Waals surface area contributed by atoms with Crippen LogP contribution in [0.4, 0.5) is 0 Å². The molecule has 0 spiro atoms. The van der Waals surface area contributed by atoms with Gasteiger partial charge in [-0.1, -0.05) is 55.4 Å². The Morgan fingerprint density at radius 1 is 0.862 bits per heavy atom. The molecule has 0 heterocycles. The fourth-order valence-electron chi connectivity index (χ4n) is 6.82. The van der Waals surface area contributed by atoms with E-state index in [9.17, 15) is 9.90 Å². The third kappa shape index (κ3) is 4.55. The molecule has 4 atom stereocenters. The Labute approximate surface area is 179 Å². The Balaban J connectivity index is 0.000000169. The summed E-state index contributed by atoms with van der Waals surface area (Å²) in [6.07, 6.45) is 6.82. The van der Waals surface area contributed by atoms with E-state index < -0.39 is 0 Å². The summed E-state index contributed by atoms with van der Waals surface area (Å²) >= 11 is 0. The van der Waals surface area contributed by atoms with E-state index in [1.165, 1.54) is 19.8 Å². The molecule has 4 unspecified atom stereocenters. The minimum atomic E-state index is -0.247. The smallest absolute Gasteiger partial charge is 0.303 e. The SMILES string of the molecule is CC(=O)OC1(C2C(CC(C)C)C2(C)C)CC1.CC(C)CC1C(C2(O)CC2)C1(C)C. The summed E-state index contributed by atoms with van der Waals surface area (Å²) in [5, 5.41) is 10.1. The number of hydrogen-bond donors (Lipinski definition) is 1. The van der Waals surface area contributed by atoms with Crippen LogP contribution in [0.15, 0.2) is 0 Å². The van der Waals surface area contributed by atoms with Crippen molar-refractivity contribution in [1.82, 2.24) is 0 Å². The van der Waals surface area contributed by atoms with Gasteiger partial charge in [-0.2, -0.15) is 0 Å². The van der Waals surface area contributed by atoms with Crippen LogP contribution in [-0.2, 0) is 9.53 Å². The molecule has 1 N–H and O–H groups in total. The standard InChI is InChI=1S/C14H24O2.C12H22O/c1-9(2)8-11-12(13(11,4)5)14(6-7-14)16-10(3)15;1-8(2)7-9-10(11(9,3)4)12(13)5-6-12/h9,11-12H,6-8H2,1-5H3;8-10,13H,5-7H2,1-4H3. The summed E-state index contributed by atoms with van der Waals surface area (Å²) in [5.74, 6) is 4.13. The van der Waals surface area contributed by atoms with Gasteiger partial charge < -0.3 is 9.84 Å². The second-order valence-electron chi connectivity index (χ2n) is 12.8. The highest BCUT2D eigenvalue weighted by molar-refractivity contribution is 5.67. The van der Waals surface area contributed by atoms with E-state index in [0.717, 1.165) is 49.4 Å². The number of rotatable bonds is 7. The van der Waals surface area contributed by atoms with Crippen LogP contribution in [0.5, 0.6) is 0 Å². The van der Waals surface area contributed by atoms with Crippen LogP contribution in [-0.4, -0.2) is 22.3 Å². The average Bonchev–Trinajstić information content (AvgIpc) is 3.45. The molecule has 4 aliphatic rings.